The molecule has 2 saturated heterocycles. The van der Waals surface area contributed by atoms with E-state index >= 15 is 0 Å². The lowest BCUT2D eigenvalue weighted by Crippen LogP contribution is -2.60. The van der Waals surface area contributed by atoms with Gasteiger partial charge in [-0.15, -0.1) is 6.42 Å². The molecule has 0 bridgehead atoms. The quantitative estimate of drug-likeness (QED) is 0.284. The van der Waals surface area contributed by atoms with Crippen molar-refractivity contribution in [2.75, 3.05) is 25.5 Å². The third-order valence-electron chi connectivity index (χ3n) is 9.28. The Morgan fingerprint density at radius 3 is 2.15 bits per heavy atom. The maximum atomic E-state index is 14.1. The Morgan fingerprint density at radius 1 is 0.957 bits per heavy atom. The standard InChI is InChI=1S/C37H55N5O4/c1-11-27-17-19-28(20-18-27)38-33(43)30-16-14-22-42(30)35(45)26(6)23-31(24(2)3)40(10)36(46)32(37(7,8)9)39-34(44)29-15-12-13-21-41(29)25(4)5/h1,17-20,23-25,29-32H,12-16,21-22H2,2-10H3,(H,38,43)(H,39,44)/t29-,30+,31-,32-/m1/s1. The van der Waals surface area contributed by atoms with Gasteiger partial charge in [0.05, 0.1) is 12.1 Å². The summed E-state index contributed by atoms with van der Waals surface area (Å²) in [5, 5.41) is 6.04. The van der Waals surface area contributed by atoms with Gasteiger partial charge >= 0.3 is 0 Å². The van der Waals surface area contributed by atoms with E-state index in [4.69, 9.17) is 6.42 Å². The molecule has 9 nitrogen and oxygen atoms in total. The van der Waals surface area contributed by atoms with Crippen LogP contribution in [0.4, 0.5) is 5.69 Å². The van der Waals surface area contributed by atoms with E-state index in [9.17, 15) is 19.2 Å². The Balaban J connectivity index is 1.77. The zero-order valence-corrected chi connectivity index (χ0v) is 29.4. The molecule has 2 fully saturated rings. The average molecular weight is 634 g/mol. The number of rotatable bonds is 10. The van der Waals surface area contributed by atoms with Crippen LogP contribution in [0.2, 0.25) is 0 Å². The number of hydrogen-bond acceptors (Lipinski definition) is 5. The van der Waals surface area contributed by atoms with Crippen LogP contribution in [0.5, 0.6) is 0 Å². The highest BCUT2D eigenvalue weighted by atomic mass is 16.2. The molecule has 0 spiro atoms. The summed E-state index contributed by atoms with van der Waals surface area (Å²) >= 11 is 0. The summed E-state index contributed by atoms with van der Waals surface area (Å²) in [6, 6.07) is 5.27. The summed E-state index contributed by atoms with van der Waals surface area (Å²) in [4.78, 5) is 60.2. The number of hydrogen-bond donors (Lipinski definition) is 2. The van der Waals surface area contributed by atoms with E-state index in [1.807, 2.05) is 40.7 Å². The van der Waals surface area contributed by atoms with Gasteiger partial charge < -0.3 is 20.4 Å². The van der Waals surface area contributed by atoms with Crippen molar-refractivity contribution in [1.29, 1.82) is 0 Å². The molecule has 2 aliphatic rings. The van der Waals surface area contributed by atoms with E-state index in [1.54, 1.807) is 48.0 Å². The predicted molar refractivity (Wildman–Crippen MR) is 184 cm³/mol. The van der Waals surface area contributed by atoms with Gasteiger partial charge in [0, 0.05) is 36.5 Å². The molecule has 1 aromatic rings. The lowest BCUT2D eigenvalue weighted by Gasteiger charge is -2.41. The Kier molecular flexibility index (Phi) is 12.6. The van der Waals surface area contributed by atoms with Gasteiger partial charge in [0.1, 0.15) is 12.1 Å². The molecule has 2 N–H and O–H groups in total. The van der Waals surface area contributed by atoms with Crippen LogP contribution in [0.25, 0.3) is 0 Å². The molecule has 9 heteroatoms. The highest BCUT2D eigenvalue weighted by Gasteiger charge is 2.40. The molecule has 3 rings (SSSR count). The second-order valence-electron chi connectivity index (χ2n) is 14.6. The number of amides is 4. The van der Waals surface area contributed by atoms with Crippen molar-refractivity contribution in [2.24, 2.45) is 11.3 Å². The van der Waals surface area contributed by atoms with Crippen molar-refractivity contribution in [3.05, 3.63) is 41.5 Å². The van der Waals surface area contributed by atoms with Crippen LogP contribution in [0, 0.1) is 23.7 Å². The fourth-order valence-electron chi connectivity index (χ4n) is 6.55. The first-order valence-electron chi connectivity index (χ1n) is 16.8. The number of nitrogens with zero attached hydrogens (tertiary/aromatic N) is 3. The van der Waals surface area contributed by atoms with Crippen LogP contribution in [-0.4, -0.2) is 88.7 Å². The summed E-state index contributed by atoms with van der Waals surface area (Å²) in [5.74, 6) is 1.78. The second kappa shape index (κ2) is 15.8. The van der Waals surface area contributed by atoms with E-state index < -0.39 is 23.5 Å². The number of anilines is 1. The van der Waals surface area contributed by atoms with E-state index in [0.29, 0.717) is 24.2 Å². The van der Waals surface area contributed by atoms with E-state index in [2.05, 4.69) is 35.3 Å². The summed E-state index contributed by atoms with van der Waals surface area (Å²) in [6.07, 6.45) is 11.4. The lowest BCUT2D eigenvalue weighted by molar-refractivity contribution is -0.142. The highest BCUT2D eigenvalue weighted by Crippen LogP contribution is 2.27. The van der Waals surface area contributed by atoms with Crippen molar-refractivity contribution in [2.45, 2.75) is 118 Å². The Labute approximate surface area is 276 Å². The van der Waals surface area contributed by atoms with Gasteiger partial charge in [-0.1, -0.05) is 53.0 Å². The van der Waals surface area contributed by atoms with Crippen molar-refractivity contribution in [3.8, 4) is 12.3 Å². The summed E-state index contributed by atoms with van der Waals surface area (Å²) in [6.45, 7) is 17.2. The molecule has 2 heterocycles. The van der Waals surface area contributed by atoms with Gasteiger partial charge in [-0.25, -0.2) is 0 Å². The molecule has 0 aromatic heterocycles. The smallest absolute Gasteiger partial charge is 0.249 e. The summed E-state index contributed by atoms with van der Waals surface area (Å²) in [7, 11) is 1.74. The van der Waals surface area contributed by atoms with Crippen molar-refractivity contribution < 1.29 is 19.2 Å². The minimum absolute atomic E-state index is 0.00791. The molecule has 252 valence electrons. The van der Waals surface area contributed by atoms with Gasteiger partial charge in [0.2, 0.25) is 23.6 Å². The second-order valence-corrected chi connectivity index (χ2v) is 14.6. The number of benzene rings is 1. The van der Waals surface area contributed by atoms with Gasteiger partial charge in [-0.2, -0.15) is 0 Å². The van der Waals surface area contributed by atoms with Gasteiger partial charge in [0.15, 0.2) is 0 Å². The maximum absolute atomic E-state index is 14.1. The van der Waals surface area contributed by atoms with Crippen molar-refractivity contribution in [1.82, 2.24) is 20.0 Å². The Hall–Kier alpha value is -3.64. The third-order valence-corrected chi connectivity index (χ3v) is 9.28. The fraction of sp³-hybridized carbons (Fsp3) is 0.622. The molecular formula is C37H55N5O4. The zero-order chi connectivity index (χ0) is 34.3. The third kappa shape index (κ3) is 9.00. The predicted octanol–water partition coefficient (Wildman–Crippen LogP) is 4.82. The van der Waals surface area contributed by atoms with Crippen LogP contribution >= 0.6 is 0 Å². The highest BCUT2D eigenvalue weighted by molar-refractivity contribution is 6.01. The number of nitrogens with one attached hydrogen (secondary N) is 2. The summed E-state index contributed by atoms with van der Waals surface area (Å²) in [5.41, 5.74) is 1.28. The van der Waals surface area contributed by atoms with E-state index in [1.165, 1.54) is 0 Å². The molecule has 46 heavy (non-hydrogen) atoms. The number of terminal acetylenes is 1. The summed E-state index contributed by atoms with van der Waals surface area (Å²) < 4.78 is 0. The number of likely N-dealkylation sites (tertiary alicyclic amines) is 2. The topological polar surface area (TPSA) is 102 Å². The minimum atomic E-state index is -0.743. The molecule has 0 saturated carbocycles. The molecule has 0 unspecified atom stereocenters. The Morgan fingerprint density at radius 2 is 1.59 bits per heavy atom. The average Bonchev–Trinajstić information content (AvgIpc) is 3.51. The Bertz CT molecular complexity index is 1320. The van der Waals surface area contributed by atoms with Crippen LogP contribution in [0.3, 0.4) is 0 Å². The first-order chi connectivity index (χ1) is 21.6. The SMILES string of the molecule is C#Cc1ccc(NC(=O)[C@@H]2CCCN2C(=O)C(C)=C[C@H](C(C)C)N(C)C(=O)[C@@H](NC(=O)[C@H]2CCCCN2C(C)C)C(C)(C)C)cc1. The molecule has 4 amide bonds. The normalized spacial score (nSPS) is 20.7. The van der Waals surface area contributed by atoms with E-state index in [0.717, 1.165) is 37.8 Å². The van der Waals surface area contributed by atoms with Crippen LogP contribution in [-0.2, 0) is 19.2 Å². The largest absolute Gasteiger partial charge is 0.342 e. The molecule has 2 aliphatic heterocycles. The molecule has 4 atom stereocenters. The number of likely N-dealkylation sites (N-methyl/N-ethyl adjacent to an activating group) is 1. The van der Waals surface area contributed by atoms with Gasteiger partial charge in [0.25, 0.3) is 0 Å². The van der Waals surface area contributed by atoms with Crippen molar-refractivity contribution >= 4 is 29.3 Å². The van der Waals surface area contributed by atoms with Crippen LogP contribution in [0.1, 0.15) is 93.1 Å². The molecule has 0 aliphatic carbocycles. The van der Waals surface area contributed by atoms with Gasteiger partial charge in [-0.3, -0.25) is 24.1 Å². The first-order valence-corrected chi connectivity index (χ1v) is 16.8. The number of piperidine rings is 1. The van der Waals surface area contributed by atoms with E-state index in [-0.39, 0.29) is 41.6 Å². The zero-order valence-electron chi connectivity index (χ0n) is 29.4. The van der Waals surface area contributed by atoms with Crippen molar-refractivity contribution in [3.63, 3.8) is 0 Å². The molecule has 0 radical (unpaired) electrons. The first kappa shape index (κ1) is 36.8. The number of carbonyl (C=O) groups is 4. The van der Waals surface area contributed by atoms with Crippen LogP contribution < -0.4 is 10.6 Å². The minimum Gasteiger partial charge on any atom is -0.342 e. The lowest BCUT2D eigenvalue weighted by atomic mass is 9.84. The van der Waals surface area contributed by atoms with Crippen LogP contribution in [0.15, 0.2) is 35.9 Å². The molecular weight excluding hydrogens is 578 g/mol. The maximum Gasteiger partial charge on any atom is 0.249 e. The fourth-order valence-corrected chi connectivity index (χ4v) is 6.55. The molecule has 1 aromatic carbocycles. The monoisotopic (exact) mass is 633 g/mol. The van der Waals surface area contributed by atoms with Gasteiger partial charge in [-0.05, 0) is 88.6 Å². The number of carbonyl (C=O) groups excluding carboxylic acids is 4.